The van der Waals surface area contributed by atoms with Crippen LogP contribution in [0.2, 0.25) is 0 Å². The van der Waals surface area contributed by atoms with Gasteiger partial charge in [0.2, 0.25) is 0 Å². The summed E-state index contributed by atoms with van der Waals surface area (Å²) in [5.74, 6) is 0.688. The molecule has 0 radical (unpaired) electrons. The van der Waals surface area contributed by atoms with Crippen molar-refractivity contribution in [1.29, 1.82) is 0 Å². The van der Waals surface area contributed by atoms with Crippen molar-refractivity contribution in [1.82, 2.24) is 5.32 Å². The van der Waals surface area contributed by atoms with Crippen LogP contribution in [-0.4, -0.2) is 23.8 Å². The summed E-state index contributed by atoms with van der Waals surface area (Å²) in [7, 11) is 0. The van der Waals surface area contributed by atoms with Gasteiger partial charge in [-0.25, -0.2) is 4.79 Å². The SMILES string of the molecule is CC(O)CCNC(=O)Nc1c(C(C)C)cccc1C(C)C. The Kier molecular flexibility index (Phi) is 6.69. The molecule has 4 heteroatoms. The van der Waals surface area contributed by atoms with Crippen molar-refractivity contribution in [3.63, 3.8) is 0 Å². The van der Waals surface area contributed by atoms with Crippen molar-refractivity contribution in [3.05, 3.63) is 29.3 Å². The molecular weight excluding hydrogens is 264 g/mol. The number of carbonyl (C=O) groups is 1. The van der Waals surface area contributed by atoms with Crippen molar-refractivity contribution >= 4 is 11.7 Å². The summed E-state index contributed by atoms with van der Waals surface area (Å²) in [5.41, 5.74) is 3.20. The molecule has 0 aliphatic heterocycles. The average Bonchev–Trinajstić information content (AvgIpc) is 2.37. The maximum Gasteiger partial charge on any atom is 0.319 e. The maximum atomic E-state index is 12.0. The van der Waals surface area contributed by atoms with Crippen LogP contribution in [0.3, 0.4) is 0 Å². The van der Waals surface area contributed by atoms with Gasteiger partial charge in [-0.3, -0.25) is 0 Å². The number of anilines is 1. The molecule has 0 heterocycles. The lowest BCUT2D eigenvalue weighted by molar-refractivity contribution is 0.184. The predicted molar refractivity (Wildman–Crippen MR) is 87.9 cm³/mol. The minimum atomic E-state index is -0.403. The van der Waals surface area contributed by atoms with Crippen LogP contribution in [0.15, 0.2) is 18.2 Å². The smallest absolute Gasteiger partial charge is 0.319 e. The molecule has 0 aromatic heterocycles. The van der Waals surface area contributed by atoms with Gasteiger partial charge in [0.15, 0.2) is 0 Å². The lowest BCUT2D eigenvalue weighted by Gasteiger charge is -2.20. The quantitative estimate of drug-likeness (QED) is 0.746. The van der Waals surface area contributed by atoms with Gasteiger partial charge in [0.05, 0.1) is 6.10 Å². The number of hydrogen-bond donors (Lipinski definition) is 3. The second kappa shape index (κ2) is 8.03. The van der Waals surface area contributed by atoms with Crippen LogP contribution in [0.4, 0.5) is 10.5 Å². The number of aliphatic hydroxyl groups is 1. The van der Waals surface area contributed by atoms with Gasteiger partial charge in [-0.15, -0.1) is 0 Å². The molecule has 0 spiro atoms. The van der Waals surface area contributed by atoms with E-state index in [0.29, 0.717) is 24.8 Å². The number of carbonyl (C=O) groups excluding carboxylic acids is 1. The number of urea groups is 1. The second-order valence-corrected chi connectivity index (χ2v) is 6.14. The molecular formula is C17H28N2O2. The molecule has 1 aromatic rings. The zero-order chi connectivity index (χ0) is 16.0. The molecule has 0 saturated heterocycles. The Labute approximate surface area is 128 Å². The minimum absolute atomic E-state index is 0.217. The number of amides is 2. The number of hydrogen-bond acceptors (Lipinski definition) is 2. The summed E-state index contributed by atoms with van der Waals surface area (Å²) in [4.78, 5) is 12.0. The predicted octanol–water partition coefficient (Wildman–Crippen LogP) is 3.83. The number of nitrogens with one attached hydrogen (secondary N) is 2. The van der Waals surface area contributed by atoms with Gasteiger partial charge in [-0.1, -0.05) is 45.9 Å². The Morgan fingerprint density at radius 2 is 1.62 bits per heavy atom. The van der Waals surface area contributed by atoms with Gasteiger partial charge in [0.25, 0.3) is 0 Å². The van der Waals surface area contributed by atoms with Crippen LogP contribution < -0.4 is 10.6 Å². The van der Waals surface area contributed by atoms with Crippen molar-refractivity contribution in [2.75, 3.05) is 11.9 Å². The van der Waals surface area contributed by atoms with Crippen LogP contribution in [0.25, 0.3) is 0 Å². The topological polar surface area (TPSA) is 61.4 Å². The molecule has 0 aliphatic carbocycles. The molecule has 0 bridgehead atoms. The first kappa shape index (κ1) is 17.5. The fraction of sp³-hybridized carbons (Fsp3) is 0.588. The molecule has 4 nitrogen and oxygen atoms in total. The van der Waals surface area contributed by atoms with Crippen LogP contribution in [0, 0.1) is 0 Å². The highest BCUT2D eigenvalue weighted by Gasteiger charge is 2.15. The zero-order valence-electron chi connectivity index (χ0n) is 13.7. The Morgan fingerprint density at radius 1 is 1.10 bits per heavy atom. The zero-order valence-corrected chi connectivity index (χ0v) is 13.7. The fourth-order valence-corrected chi connectivity index (χ4v) is 2.25. The highest BCUT2D eigenvalue weighted by molar-refractivity contribution is 5.91. The monoisotopic (exact) mass is 292 g/mol. The highest BCUT2D eigenvalue weighted by atomic mass is 16.3. The van der Waals surface area contributed by atoms with E-state index in [9.17, 15) is 9.90 Å². The van der Waals surface area contributed by atoms with E-state index in [1.807, 2.05) is 6.07 Å². The molecule has 1 atom stereocenters. The third kappa shape index (κ3) is 5.38. The molecule has 1 unspecified atom stereocenters. The van der Waals surface area contributed by atoms with Crippen LogP contribution >= 0.6 is 0 Å². The van der Waals surface area contributed by atoms with Crippen molar-refractivity contribution in [2.45, 2.75) is 59.0 Å². The summed E-state index contributed by atoms with van der Waals surface area (Å²) < 4.78 is 0. The van der Waals surface area contributed by atoms with Crippen molar-refractivity contribution in [3.8, 4) is 0 Å². The number of rotatable bonds is 6. The summed E-state index contributed by atoms with van der Waals surface area (Å²) in [6.45, 7) is 10.7. The largest absolute Gasteiger partial charge is 0.393 e. The standard InChI is InChI=1S/C17H28N2O2/c1-11(2)14-7-6-8-15(12(3)4)16(14)19-17(21)18-10-9-13(5)20/h6-8,11-13,20H,9-10H2,1-5H3,(H2,18,19,21). The van der Waals surface area contributed by atoms with Crippen molar-refractivity contribution in [2.24, 2.45) is 0 Å². The van der Waals surface area contributed by atoms with Gasteiger partial charge < -0.3 is 15.7 Å². The molecule has 0 fully saturated rings. The minimum Gasteiger partial charge on any atom is -0.393 e. The molecule has 1 aromatic carbocycles. The average molecular weight is 292 g/mol. The second-order valence-electron chi connectivity index (χ2n) is 6.14. The molecule has 118 valence electrons. The van der Waals surface area contributed by atoms with Crippen molar-refractivity contribution < 1.29 is 9.90 Å². The fourth-order valence-electron chi connectivity index (χ4n) is 2.25. The Hall–Kier alpha value is -1.55. The number of aliphatic hydroxyl groups excluding tert-OH is 1. The third-order valence-electron chi connectivity index (χ3n) is 3.46. The molecule has 0 aliphatic rings. The van der Waals surface area contributed by atoms with Gasteiger partial charge in [-0.05, 0) is 36.3 Å². The third-order valence-corrected chi connectivity index (χ3v) is 3.46. The summed E-state index contributed by atoms with van der Waals surface area (Å²) >= 11 is 0. The molecule has 1 rings (SSSR count). The Morgan fingerprint density at radius 3 is 2.05 bits per heavy atom. The lowest BCUT2D eigenvalue weighted by Crippen LogP contribution is -2.31. The summed E-state index contributed by atoms with van der Waals surface area (Å²) in [6.07, 6.45) is 0.149. The van der Waals surface area contributed by atoms with E-state index in [0.717, 1.165) is 16.8 Å². The normalized spacial score (nSPS) is 12.6. The van der Waals surface area contributed by atoms with Crippen LogP contribution in [-0.2, 0) is 0 Å². The van der Waals surface area contributed by atoms with E-state index in [2.05, 4.69) is 50.5 Å². The first-order chi connectivity index (χ1) is 9.82. The summed E-state index contributed by atoms with van der Waals surface area (Å²) in [6, 6.07) is 5.94. The molecule has 0 saturated carbocycles. The van der Waals surface area contributed by atoms with Gasteiger partial charge >= 0.3 is 6.03 Å². The Bertz CT molecular complexity index is 442. The number of benzene rings is 1. The van der Waals surface area contributed by atoms with Crippen LogP contribution in [0.5, 0.6) is 0 Å². The molecule has 3 N–H and O–H groups in total. The Balaban J connectivity index is 2.87. The van der Waals surface area contributed by atoms with E-state index < -0.39 is 6.10 Å². The van der Waals surface area contributed by atoms with Gasteiger partial charge in [-0.2, -0.15) is 0 Å². The molecule has 21 heavy (non-hydrogen) atoms. The lowest BCUT2D eigenvalue weighted by atomic mass is 9.93. The first-order valence-electron chi connectivity index (χ1n) is 7.68. The number of para-hydroxylation sites is 1. The van der Waals surface area contributed by atoms with Gasteiger partial charge in [0, 0.05) is 12.2 Å². The van der Waals surface area contributed by atoms with E-state index in [1.54, 1.807) is 6.92 Å². The van der Waals surface area contributed by atoms with E-state index in [4.69, 9.17) is 0 Å². The van der Waals surface area contributed by atoms with Gasteiger partial charge in [0.1, 0.15) is 0 Å². The highest BCUT2D eigenvalue weighted by Crippen LogP contribution is 2.32. The maximum absolute atomic E-state index is 12.0. The summed E-state index contributed by atoms with van der Waals surface area (Å²) in [5, 5.41) is 15.0. The van der Waals surface area contributed by atoms with Crippen LogP contribution in [0.1, 0.15) is 64.0 Å². The van der Waals surface area contributed by atoms with E-state index in [-0.39, 0.29) is 6.03 Å². The molecule has 2 amide bonds. The van der Waals surface area contributed by atoms with E-state index >= 15 is 0 Å². The first-order valence-corrected chi connectivity index (χ1v) is 7.68. The van der Waals surface area contributed by atoms with E-state index in [1.165, 1.54) is 0 Å².